The van der Waals surface area contributed by atoms with Crippen molar-refractivity contribution in [2.24, 2.45) is 5.73 Å². The first-order valence-electron chi connectivity index (χ1n) is 5.32. The van der Waals surface area contributed by atoms with Gasteiger partial charge in [0.25, 0.3) is 0 Å². The molecule has 0 bridgehead atoms. The van der Waals surface area contributed by atoms with Crippen molar-refractivity contribution in [3.63, 3.8) is 0 Å². The number of nitrogens with two attached hydrogens (primary N) is 1. The number of carboxylic acid groups (broad SMARTS) is 1. The minimum absolute atomic E-state index is 0.0106. The predicted octanol–water partition coefficient (Wildman–Crippen LogP) is 0.917. The molecule has 0 spiro atoms. The standard InChI is InChI=1S/C12H15NO4S/c13-11(12(14)15)7-4-8-18(16,17)9-10-5-2-1-3-6-10/h1-6,8,11H,7,9,13H2,(H,14,15)/b8-4+. The van der Waals surface area contributed by atoms with Gasteiger partial charge in [0.1, 0.15) is 6.04 Å². The molecule has 0 aliphatic rings. The van der Waals surface area contributed by atoms with Gasteiger partial charge >= 0.3 is 5.97 Å². The third-order valence-electron chi connectivity index (χ3n) is 2.22. The maximum atomic E-state index is 11.7. The minimum Gasteiger partial charge on any atom is -0.480 e. The second-order valence-electron chi connectivity index (χ2n) is 3.85. The van der Waals surface area contributed by atoms with Gasteiger partial charge in [0.2, 0.25) is 0 Å². The highest BCUT2D eigenvalue weighted by Gasteiger charge is 2.10. The summed E-state index contributed by atoms with van der Waals surface area (Å²) < 4.78 is 23.4. The van der Waals surface area contributed by atoms with Gasteiger partial charge in [0.05, 0.1) is 5.75 Å². The van der Waals surface area contributed by atoms with E-state index in [9.17, 15) is 13.2 Å². The summed E-state index contributed by atoms with van der Waals surface area (Å²) in [6.45, 7) is 0. The fourth-order valence-corrected chi connectivity index (χ4v) is 2.46. The van der Waals surface area contributed by atoms with Crippen LogP contribution in [-0.2, 0) is 20.4 Å². The van der Waals surface area contributed by atoms with Crippen LogP contribution in [0.4, 0.5) is 0 Å². The van der Waals surface area contributed by atoms with E-state index < -0.39 is 21.8 Å². The molecule has 0 aromatic heterocycles. The van der Waals surface area contributed by atoms with Crippen molar-refractivity contribution >= 4 is 15.8 Å². The molecule has 3 N–H and O–H groups in total. The fraction of sp³-hybridized carbons (Fsp3) is 0.250. The molecular formula is C12H15NO4S. The summed E-state index contributed by atoms with van der Waals surface area (Å²) in [7, 11) is -3.39. The van der Waals surface area contributed by atoms with Crippen molar-refractivity contribution in [1.29, 1.82) is 0 Å². The molecule has 0 fully saturated rings. The number of hydrogen-bond donors (Lipinski definition) is 2. The van der Waals surface area contributed by atoms with E-state index in [1.807, 2.05) is 0 Å². The second kappa shape index (κ2) is 6.32. The molecule has 0 saturated carbocycles. The zero-order chi connectivity index (χ0) is 13.6. The molecule has 1 atom stereocenters. The van der Waals surface area contributed by atoms with Gasteiger partial charge in [-0.15, -0.1) is 0 Å². The van der Waals surface area contributed by atoms with E-state index in [-0.39, 0.29) is 12.2 Å². The second-order valence-corrected chi connectivity index (χ2v) is 5.73. The van der Waals surface area contributed by atoms with Crippen molar-refractivity contribution in [2.75, 3.05) is 0 Å². The van der Waals surface area contributed by atoms with Gasteiger partial charge in [-0.25, -0.2) is 8.42 Å². The molecule has 0 aliphatic heterocycles. The zero-order valence-electron chi connectivity index (χ0n) is 9.69. The van der Waals surface area contributed by atoms with Gasteiger partial charge in [-0.2, -0.15) is 0 Å². The number of rotatable bonds is 6. The van der Waals surface area contributed by atoms with E-state index in [0.29, 0.717) is 5.56 Å². The number of hydrogen-bond acceptors (Lipinski definition) is 4. The van der Waals surface area contributed by atoms with Gasteiger partial charge < -0.3 is 10.8 Å². The topological polar surface area (TPSA) is 97.5 Å². The number of carboxylic acids is 1. The average Bonchev–Trinajstić information content (AvgIpc) is 2.29. The smallest absolute Gasteiger partial charge is 0.320 e. The van der Waals surface area contributed by atoms with E-state index in [4.69, 9.17) is 10.8 Å². The molecule has 18 heavy (non-hydrogen) atoms. The molecule has 0 radical (unpaired) electrons. The lowest BCUT2D eigenvalue weighted by Crippen LogP contribution is -2.29. The molecule has 0 aliphatic carbocycles. The Balaban J connectivity index is 2.60. The lowest BCUT2D eigenvalue weighted by atomic mass is 10.2. The van der Waals surface area contributed by atoms with Crippen LogP contribution in [0.2, 0.25) is 0 Å². The SMILES string of the molecule is NC(C/C=C/S(=O)(=O)Cc1ccccc1)C(=O)O. The van der Waals surface area contributed by atoms with E-state index in [1.54, 1.807) is 30.3 Å². The van der Waals surface area contributed by atoms with Crippen molar-refractivity contribution in [1.82, 2.24) is 0 Å². The fourth-order valence-electron chi connectivity index (χ4n) is 1.30. The van der Waals surface area contributed by atoms with Crippen molar-refractivity contribution in [3.8, 4) is 0 Å². The van der Waals surface area contributed by atoms with Crippen molar-refractivity contribution < 1.29 is 18.3 Å². The van der Waals surface area contributed by atoms with Gasteiger partial charge in [0, 0.05) is 5.41 Å². The Kier molecular flexibility index (Phi) is 5.06. The highest BCUT2D eigenvalue weighted by atomic mass is 32.2. The molecular weight excluding hydrogens is 254 g/mol. The Bertz CT molecular complexity index is 522. The van der Waals surface area contributed by atoms with Crippen LogP contribution in [0.5, 0.6) is 0 Å². The summed E-state index contributed by atoms with van der Waals surface area (Å²) in [5.74, 6) is -1.26. The first kappa shape index (κ1) is 14.4. The first-order chi connectivity index (χ1) is 8.41. The summed E-state index contributed by atoms with van der Waals surface area (Å²) in [4.78, 5) is 10.4. The maximum absolute atomic E-state index is 11.7. The summed E-state index contributed by atoms with van der Waals surface area (Å²) in [6, 6.07) is 7.68. The van der Waals surface area contributed by atoms with E-state index >= 15 is 0 Å². The van der Waals surface area contributed by atoms with E-state index in [1.165, 1.54) is 6.08 Å². The van der Waals surface area contributed by atoms with Crippen LogP contribution in [0.25, 0.3) is 0 Å². The van der Waals surface area contributed by atoms with Crippen LogP contribution in [0.15, 0.2) is 41.8 Å². The Morgan fingerprint density at radius 2 is 1.94 bits per heavy atom. The lowest BCUT2D eigenvalue weighted by molar-refractivity contribution is -0.138. The minimum atomic E-state index is -3.39. The van der Waals surface area contributed by atoms with Crippen molar-refractivity contribution in [2.45, 2.75) is 18.2 Å². The number of sulfone groups is 1. The molecule has 1 rings (SSSR count). The average molecular weight is 269 g/mol. The molecule has 0 amide bonds. The quantitative estimate of drug-likeness (QED) is 0.800. The Morgan fingerprint density at radius 3 is 2.50 bits per heavy atom. The van der Waals surface area contributed by atoms with Crippen LogP contribution in [0.3, 0.4) is 0 Å². The third kappa shape index (κ3) is 5.11. The zero-order valence-corrected chi connectivity index (χ0v) is 10.5. The molecule has 6 heteroatoms. The van der Waals surface area contributed by atoms with Gasteiger partial charge in [0.15, 0.2) is 9.84 Å². The Morgan fingerprint density at radius 1 is 1.33 bits per heavy atom. The largest absolute Gasteiger partial charge is 0.480 e. The van der Waals surface area contributed by atoms with Gasteiger partial charge in [-0.1, -0.05) is 36.4 Å². The summed E-state index contributed by atoms with van der Waals surface area (Å²) in [5.41, 5.74) is 5.94. The maximum Gasteiger partial charge on any atom is 0.320 e. The number of benzene rings is 1. The highest BCUT2D eigenvalue weighted by Crippen LogP contribution is 2.07. The molecule has 0 heterocycles. The lowest BCUT2D eigenvalue weighted by Gasteiger charge is -2.02. The molecule has 5 nitrogen and oxygen atoms in total. The molecule has 1 unspecified atom stereocenters. The first-order valence-corrected chi connectivity index (χ1v) is 7.04. The normalized spacial score (nSPS) is 13.6. The molecule has 1 aromatic carbocycles. The van der Waals surface area contributed by atoms with Gasteiger partial charge in [-0.05, 0) is 12.0 Å². The molecule has 98 valence electrons. The van der Waals surface area contributed by atoms with E-state index in [0.717, 1.165) is 5.41 Å². The third-order valence-corrected chi connectivity index (χ3v) is 3.56. The highest BCUT2D eigenvalue weighted by molar-refractivity contribution is 7.93. The summed E-state index contributed by atoms with van der Waals surface area (Å²) in [6.07, 6.45) is 1.26. The predicted molar refractivity (Wildman–Crippen MR) is 68.4 cm³/mol. The van der Waals surface area contributed by atoms with E-state index in [2.05, 4.69) is 0 Å². The Labute approximate surface area is 106 Å². The number of carbonyl (C=O) groups is 1. The molecule has 1 aromatic rings. The molecule has 0 saturated heterocycles. The summed E-state index contributed by atoms with van der Waals surface area (Å²) in [5, 5.41) is 9.55. The van der Waals surface area contributed by atoms with Crippen LogP contribution in [0, 0.1) is 0 Å². The Hall–Kier alpha value is -1.66. The van der Waals surface area contributed by atoms with Crippen LogP contribution in [-0.4, -0.2) is 25.5 Å². The number of aliphatic carboxylic acids is 1. The van der Waals surface area contributed by atoms with Crippen molar-refractivity contribution in [3.05, 3.63) is 47.4 Å². The monoisotopic (exact) mass is 269 g/mol. The van der Waals surface area contributed by atoms with Crippen LogP contribution in [0.1, 0.15) is 12.0 Å². The summed E-state index contributed by atoms with van der Waals surface area (Å²) >= 11 is 0. The van der Waals surface area contributed by atoms with Crippen LogP contribution < -0.4 is 5.73 Å². The van der Waals surface area contributed by atoms with Crippen LogP contribution >= 0.6 is 0 Å². The van der Waals surface area contributed by atoms with Gasteiger partial charge in [-0.3, -0.25) is 4.79 Å².